The molecule has 0 radical (unpaired) electrons. The number of fused-ring (bicyclic) bond motifs is 1. The number of carbonyl (C=O) groups is 1. The molecule has 16 heteroatoms. The van der Waals surface area contributed by atoms with Crippen LogP contribution in [0, 0.1) is 0 Å². The summed E-state index contributed by atoms with van der Waals surface area (Å²) in [4.78, 5) is 26.3. The molecule has 2 saturated heterocycles. The number of nitrogens with one attached hydrogen (secondary N) is 2. The molecule has 5 N–H and O–H groups in total. The van der Waals surface area contributed by atoms with Gasteiger partial charge >= 0.3 is 0 Å². The second-order valence-electron chi connectivity index (χ2n) is 9.49. The van der Waals surface area contributed by atoms with Crippen molar-refractivity contribution in [3.8, 4) is 5.95 Å². The van der Waals surface area contributed by atoms with Gasteiger partial charge in [-0.05, 0) is 24.1 Å². The van der Waals surface area contributed by atoms with E-state index in [1.807, 2.05) is 12.1 Å². The molecule has 1 aromatic carbocycles. The van der Waals surface area contributed by atoms with Crippen LogP contribution >= 0.6 is 11.6 Å². The van der Waals surface area contributed by atoms with Crippen LogP contribution in [0.25, 0.3) is 17.1 Å². The number of aromatic nitrogens is 7. The zero-order valence-electron chi connectivity index (χ0n) is 21.0. The average Bonchev–Trinajstić information content (AvgIpc) is 3.77. The van der Waals surface area contributed by atoms with Gasteiger partial charge in [-0.3, -0.25) is 9.36 Å². The van der Waals surface area contributed by atoms with Gasteiger partial charge in [0.25, 0.3) is 11.9 Å². The molecule has 2 aliphatic rings. The van der Waals surface area contributed by atoms with Gasteiger partial charge in [-0.25, -0.2) is 4.98 Å². The summed E-state index contributed by atoms with van der Waals surface area (Å²) in [5, 5.41) is 45.1. The molecule has 5 atom stereocenters. The molecule has 6 rings (SSSR count). The summed E-state index contributed by atoms with van der Waals surface area (Å²) in [5.74, 6) is 0.0113. The lowest BCUT2D eigenvalue weighted by atomic mass is 10.1. The maximum atomic E-state index is 12.7. The van der Waals surface area contributed by atoms with Gasteiger partial charge in [0, 0.05) is 18.2 Å². The van der Waals surface area contributed by atoms with Crippen molar-refractivity contribution < 1.29 is 29.6 Å². The second-order valence-corrected chi connectivity index (χ2v) is 9.92. The van der Waals surface area contributed by atoms with E-state index in [9.17, 15) is 20.1 Å². The Morgan fingerprint density at radius 3 is 2.73 bits per heavy atom. The number of hydrogen-bond donors (Lipinski definition) is 5. The number of aliphatic hydroxyl groups is 3. The number of halogens is 1. The molecular formula is C24H26ClN9O6. The summed E-state index contributed by atoms with van der Waals surface area (Å²) in [6, 6.07) is 7.07. The number of imidazole rings is 1. The maximum absolute atomic E-state index is 12.7. The number of benzene rings is 1. The zero-order valence-corrected chi connectivity index (χ0v) is 21.7. The van der Waals surface area contributed by atoms with Crippen LogP contribution in [-0.4, -0.2) is 99.9 Å². The van der Waals surface area contributed by atoms with Crippen LogP contribution in [0.3, 0.4) is 0 Å². The summed E-state index contributed by atoms with van der Waals surface area (Å²) in [6.07, 6.45) is -1.10. The van der Waals surface area contributed by atoms with Gasteiger partial charge in [-0.15, -0.1) is 5.10 Å². The minimum atomic E-state index is -1.34. The number of anilines is 1. The number of rotatable bonds is 8. The minimum Gasteiger partial charge on any atom is -0.394 e. The Morgan fingerprint density at radius 1 is 1.18 bits per heavy atom. The van der Waals surface area contributed by atoms with Crippen LogP contribution in [0.5, 0.6) is 0 Å². The predicted molar refractivity (Wildman–Crippen MR) is 139 cm³/mol. The standard InChI is InChI=1S/C24H26ClN9O6/c25-13-3-1-12(2-4-13)7-26-22(38)15-8-34(32-31-15)24-29-20(28-14-5-6-39-10-14)17-21(30-24)33(11-27-17)23-19(37)18(36)16(9-35)40-23/h1-4,8,11,14,16,18-19,23,35-37H,5-7,9-10H2,(H,26,38)(H,28,29,30)/t14-,16-,18-,19-,23-/m1/s1. The molecule has 4 aromatic rings. The highest BCUT2D eigenvalue weighted by Crippen LogP contribution is 2.33. The van der Waals surface area contributed by atoms with Crippen molar-refractivity contribution in [2.24, 2.45) is 0 Å². The van der Waals surface area contributed by atoms with E-state index in [1.54, 1.807) is 12.1 Å². The Morgan fingerprint density at radius 2 is 2.00 bits per heavy atom. The fourth-order valence-corrected chi connectivity index (χ4v) is 4.71. The van der Waals surface area contributed by atoms with E-state index in [-0.39, 0.29) is 29.9 Å². The normalized spacial score (nSPS) is 24.6. The van der Waals surface area contributed by atoms with Crippen molar-refractivity contribution >= 4 is 34.5 Å². The summed E-state index contributed by atoms with van der Waals surface area (Å²) in [5.41, 5.74) is 1.57. The highest BCUT2D eigenvalue weighted by Gasteiger charge is 2.44. The fourth-order valence-electron chi connectivity index (χ4n) is 4.59. The topological polar surface area (TPSA) is 195 Å². The van der Waals surface area contributed by atoms with Crippen molar-refractivity contribution in [1.82, 2.24) is 39.8 Å². The summed E-state index contributed by atoms with van der Waals surface area (Å²) in [7, 11) is 0. The number of carbonyl (C=O) groups excluding carboxylic acids is 1. The van der Waals surface area contributed by atoms with Crippen molar-refractivity contribution in [3.63, 3.8) is 0 Å². The Balaban J connectivity index is 1.31. The molecule has 0 aliphatic carbocycles. The number of nitrogens with zero attached hydrogens (tertiary/aromatic N) is 7. The third kappa shape index (κ3) is 5.10. The van der Waals surface area contributed by atoms with E-state index < -0.39 is 37.1 Å². The summed E-state index contributed by atoms with van der Waals surface area (Å²) < 4.78 is 13.9. The van der Waals surface area contributed by atoms with E-state index in [2.05, 4.69) is 35.9 Å². The Bertz CT molecular complexity index is 1510. The third-order valence-electron chi connectivity index (χ3n) is 6.77. The molecule has 3 aromatic heterocycles. The van der Waals surface area contributed by atoms with Crippen LogP contribution in [0.15, 0.2) is 36.8 Å². The van der Waals surface area contributed by atoms with E-state index in [4.69, 9.17) is 21.1 Å². The van der Waals surface area contributed by atoms with Crippen molar-refractivity contribution in [2.75, 3.05) is 25.1 Å². The predicted octanol–water partition coefficient (Wildman–Crippen LogP) is -0.197. The van der Waals surface area contributed by atoms with Crippen LogP contribution in [0.4, 0.5) is 5.82 Å². The highest BCUT2D eigenvalue weighted by molar-refractivity contribution is 6.30. The van der Waals surface area contributed by atoms with Gasteiger partial charge in [-0.1, -0.05) is 28.9 Å². The van der Waals surface area contributed by atoms with Crippen LogP contribution in [0.2, 0.25) is 5.02 Å². The average molecular weight is 572 g/mol. The first-order valence-corrected chi connectivity index (χ1v) is 13.0. The lowest BCUT2D eigenvalue weighted by Gasteiger charge is -2.17. The second kappa shape index (κ2) is 11.0. The van der Waals surface area contributed by atoms with Crippen molar-refractivity contribution in [1.29, 1.82) is 0 Å². The van der Waals surface area contributed by atoms with Gasteiger partial charge in [0.05, 0.1) is 31.8 Å². The van der Waals surface area contributed by atoms with Crippen LogP contribution < -0.4 is 10.6 Å². The van der Waals surface area contributed by atoms with E-state index in [0.717, 1.165) is 12.0 Å². The molecule has 0 spiro atoms. The van der Waals surface area contributed by atoms with E-state index in [1.165, 1.54) is 21.8 Å². The largest absolute Gasteiger partial charge is 0.394 e. The molecule has 5 heterocycles. The monoisotopic (exact) mass is 571 g/mol. The van der Waals surface area contributed by atoms with Gasteiger partial charge in [-0.2, -0.15) is 14.6 Å². The lowest BCUT2D eigenvalue weighted by Crippen LogP contribution is -2.33. The van der Waals surface area contributed by atoms with Gasteiger partial charge < -0.3 is 35.4 Å². The Hall–Kier alpha value is -3.73. The van der Waals surface area contributed by atoms with Gasteiger partial charge in [0.15, 0.2) is 28.9 Å². The third-order valence-corrected chi connectivity index (χ3v) is 7.02. The van der Waals surface area contributed by atoms with E-state index in [0.29, 0.717) is 29.6 Å². The molecule has 2 aliphatic heterocycles. The van der Waals surface area contributed by atoms with Crippen molar-refractivity contribution in [2.45, 2.75) is 43.5 Å². The molecule has 0 unspecified atom stereocenters. The number of aliphatic hydroxyl groups excluding tert-OH is 3. The van der Waals surface area contributed by atoms with E-state index >= 15 is 0 Å². The highest BCUT2D eigenvalue weighted by atomic mass is 35.5. The molecular weight excluding hydrogens is 546 g/mol. The Kier molecular flexibility index (Phi) is 7.31. The van der Waals surface area contributed by atoms with Crippen molar-refractivity contribution in [3.05, 3.63) is 53.1 Å². The first-order chi connectivity index (χ1) is 19.4. The quantitative estimate of drug-likeness (QED) is 0.187. The molecule has 0 saturated carbocycles. The minimum absolute atomic E-state index is 0.0186. The molecule has 1 amide bonds. The molecule has 40 heavy (non-hydrogen) atoms. The summed E-state index contributed by atoms with van der Waals surface area (Å²) in [6.45, 7) is 0.884. The fraction of sp³-hybridized carbons (Fsp3) is 0.417. The number of hydrogen-bond acceptors (Lipinski definition) is 12. The smallest absolute Gasteiger partial charge is 0.273 e. The first-order valence-electron chi connectivity index (χ1n) is 12.6. The SMILES string of the molecule is O=C(NCc1ccc(Cl)cc1)c1cn(-c2nc(N[C@@H]3CCOC3)c3ncn([C@@H]4O[C@H](CO)[C@@H](O)[C@H]4O)c3n2)nn1. The molecule has 15 nitrogen and oxygen atoms in total. The molecule has 0 bridgehead atoms. The number of amides is 1. The first kappa shape index (κ1) is 26.5. The number of ether oxygens (including phenoxy) is 2. The molecule has 210 valence electrons. The summed E-state index contributed by atoms with van der Waals surface area (Å²) >= 11 is 5.92. The van der Waals surface area contributed by atoms with Gasteiger partial charge in [0.2, 0.25) is 0 Å². The van der Waals surface area contributed by atoms with Gasteiger partial charge in [0.1, 0.15) is 18.3 Å². The maximum Gasteiger partial charge on any atom is 0.273 e. The molecule has 2 fully saturated rings. The lowest BCUT2D eigenvalue weighted by molar-refractivity contribution is -0.0511. The van der Waals surface area contributed by atoms with Crippen LogP contribution in [0.1, 0.15) is 28.7 Å². The zero-order chi connectivity index (χ0) is 27.8. The Labute approximate surface area is 231 Å². The van der Waals surface area contributed by atoms with Crippen LogP contribution in [-0.2, 0) is 16.0 Å².